The number of rotatable bonds is 1. The maximum atomic E-state index is 2.22. The molecule has 0 spiro atoms. The van der Waals surface area contributed by atoms with Crippen molar-refractivity contribution in [1.82, 2.24) is 0 Å². The maximum Gasteiger partial charge on any atom is -0.0181 e. The molecule has 0 aromatic heterocycles. The molecule has 0 heteroatoms. The quantitative estimate of drug-likeness (QED) is 0.215. The lowest BCUT2D eigenvalue weighted by molar-refractivity contribution is 1.34. The highest BCUT2D eigenvalue weighted by atomic mass is 14.0. The molecule has 0 radical (unpaired) electrons. The summed E-state index contributed by atoms with van der Waals surface area (Å²) in [5.74, 6) is 0. The van der Waals surface area contributed by atoms with Gasteiger partial charge in [-0.05, 0) is 77.6 Å². The first-order valence-electron chi connectivity index (χ1n) is 13.4. The second kappa shape index (κ2) is 16.0. The number of hydrogen-bond acceptors (Lipinski definition) is 0. The second-order valence-corrected chi connectivity index (χ2v) is 10.1. The van der Waals surface area contributed by atoms with Crippen molar-refractivity contribution in [2.24, 2.45) is 0 Å². The lowest BCUT2D eigenvalue weighted by atomic mass is 10.0. The van der Waals surface area contributed by atoms with Crippen molar-refractivity contribution in [3.63, 3.8) is 0 Å². The zero-order valence-corrected chi connectivity index (χ0v) is 24.5. The zero-order valence-electron chi connectivity index (χ0n) is 24.5. The monoisotopic (exact) mass is 500 g/mol. The molecule has 0 saturated heterocycles. The van der Waals surface area contributed by atoms with Gasteiger partial charge in [0.1, 0.15) is 0 Å². The smallest absolute Gasteiger partial charge is 0.0181 e. The Balaban J connectivity index is 0.000000185. The standard InChI is InChI=1S/C14H14.3C8H10/c1-11-5-3-7-13(9-11)14-8-4-6-12(2)10-14;1-7-3-5-8(2)6-4-7;1-7-4-3-5-8(2)6-7;1-7-5-3-4-6-8(7)2/h3-10H,1-2H3;3*3-6H,1-2H3. The van der Waals surface area contributed by atoms with Crippen molar-refractivity contribution in [3.05, 3.63) is 166 Å². The van der Waals surface area contributed by atoms with Gasteiger partial charge in [-0.25, -0.2) is 0 Å². The minimum Gasteiger partial charge on any atom is -0.0620 e. The van der Waals surface area contributed by atoms with Gasteiger partial charge < -0.3 is 0 Å². The summed E-state index contributed by atoms with van der Waals surface area (Å²) in [6, 6.07) is 42.5. The van der Waals surface area contributed by atoms with Gasteiger partial charge in [0.15, 0.2) is 0 Å². The van der Waals surface area contributed by atoms with Crippen LogP contribution in [0.5, 0.6) is 0 Å². The molecule has 0 bridgehead atoms. The minimum atomic E-state index is 1.30. The van der Waals surface area contributed by atoms with E-state index in [4.69, 9.17) is 0 Å². The maximum absolute atomic E-state index is 2.22. The number of hydrogen-bond donors (Lipinski definition) is 0. The van der Waals surface area contributed by atoms with Crippen LogP contribution in [0.4, 0.5) is 0 Å². The molecule has 5 rings (SSSR count). The summed E-state index contributed by atoms with van der Waals surface area (Å²) in [6.45, 7) is 16.9. The highest BCUT2D eigenvalue weighted by Gasteiger charge is 1.96. The highest BCUT2D eigenvalue weighted by molar-refractivity contribution is 5.64. The Hall–Kier alpha value is -3.90. The fraction of sp³-hybridized carbons (Fsp3) is 0.211. The largest absolute Gasteiger partial charge is 0.0620 e. The van der Waals surface area contributed by atoms with E-state index in [-0.39, 0.29) is 0 Å². The molecule has 38 heavy (non-hydrogen) atoms. The Bertz CT molecular complexity index is 1270. The summed E-state index contributed by atoms with van der Waals surface area (Å²) in [5.41, 5.74) is 13.3. The van der Waals surface area contributed by atoms with E-state index in [9.17, 15) is 0 Å². The van der Waals surface area contributed by atoms with E-state index < -0.39 is 0 Å². The first-order valence-corrected chi connectivity index (χ1v) is 13.4. The van der Waals surface area contributed by atoms with Crippen LogP contribution < -0.4 is 0 Å². The van der Waals surface area contributed by atoms with Crippen molar-refractivity contribution < 1.29 is 0 Å². The Morgan fingerprint density at radius 2 is 0.579 bits per heavy atom. The van der Waals surface area contributed by atoms with Crippen LogP contribution in [0.25, 0.3) is 11.1 Å². The zero-order chi connectivity index (χ0) is 27.9. The van der Waals surface area contributed by atoms with Crippen LogP contribution in [0.1, 0.15) is 44.5 Å². The van der Waals surface area contributed by atoms with Gasteiger partial charge in [0, 0.05) is 0 Å². The molecular formula is C38H44. The lowest BCUT2D eigenvalue weighted by Crippen LogP contribution is -1.80. The van der Waals surface area contributed by atoms with Crippen LogP contribution in [0.15, 0.2) is 121 Å². The van der Waals surface area contributed by atoms with Gasteiger partial charge in [0.2, 0.25) is 0 Å². The predicted molar refractivity (Wildman–Crippen MR) is 169 cm³/mol. The fourth-order valence-electron chi connectivity index (χ4n) is 3.76. The van der Waals surface area contributed by atoms with E-state index >= 15 is 0 Å². The molecule has 0 saturated carbocycles. The first-order chi connectivity index (χ1) is 18.1. The Morgan fingerprint density at radius 1 is 0.263 bits per heavy atom. The summed E-state index contributed by atoms with van der Waals surface area (Å²) in [5, 5.41) is 0. The molecular weight excluding hydrogens is 456 g/mol. The Kier molecular flexibility index (Phi) is 12.8. The van der Waals surface area contributed by atoms with Crippen molar-refractivity contribution in [2.45, 2.75) is 55.4 Å². The van der Waals surface area contributed by atoms with Crippen LogP contribution in [-0.4, -0.2) is 0 Å². The summed E-state index contributed by atoms with van der Waals surface area (Å²) in [7, 11) is 0. The number of aryl methyl sites for hydroxylation is 8. The van der Waals surface area contributed by atoms with E-state index in [1.54, 1.807) is 0 Å². The molecule has 5 aromatic carbocycles. The van der Waals surface area contributed by atoms with E-state index in [1.807, 2.05) is 0 Å². The normalized spacial score (nSPS) is 9.58. The van der Waals surface area contributed by atoms with Crippen LogP contribution in [0.2, 0.25) is 0 Å². The summed E-state index contributed by atoms with van der Waals surface area (Å²) in [4.78, 5) is 0. The molecule has 0 heterocycles. The second-order valence-electron chi connectivity index (χ2n) is 10.1. The molecule has 0 unspecified atom stereocenters. The van der Waals surface area contributed by atoms with Crippen molar-refractivity contribution in [2.75, 3.05) is 0 Å². The van der Waals surface area contributed by atoms with E-state index in [0.29, 0.717) is 0 Å². The highest BCUT2D eigenvalue weighted by Crippen LogP contribution is 2.20. The van der Waals surface area contributed by atoms with Gasteiger partial charge in [0.25, 0.3) is 0 Å². The van der Waals surface area contributed by atoms with Crippen molar-refractivity contribution >= 4 is 0 Å². The Labute approximate surface area is 232 Å². The molecule has 0 atom stereocenters. The Morgan fingerprint density at radius 3 is 0.842 bits per heavy atom. The molecule has 0 N–H and O–H groups in total. The predicted octanol–water partition coefficient (Wildman–Crippen LogP) is 10.9. The van der Waals surface area contributed by atoms with Crippen LogP contribution in [-0.2, 0) is 0 Å². The van der Waals surface area contributed by atoms with Crippen molar-refractivity contribution in [1.29, 1.82) is 0 Å². The average molecular weight is 501 g/mol. The fourth-order valence-corrected chi connectivity index (χ4v) is 3.76. The van der Waals surface area contributed by atoms with Gasteiger partial charge in [0.05, 0.1) is 0 Å². The van der Waals surface area contributed by atoms with E-state index in [1.165, 1.54) is 55.6 Å². The molecule has 0 aliphatic rings. The molecule has 0 fully saturated rings. The third-order valence-electron chi connectivity index (χ3n) is 6.19. The summed E-state index contributed by atoms with van der Waals surface area (Å²) >= 11 is 0. The molecule has 0 aliphatic carbocycles. The van der Waals surface area contributed by atoms with E-state index in [2.05, 4.69) is 177 Å². The molecule has 5 aromatic rings. The van der Waals surface area contributed by atoms with Gasteiger partial charge >= 0.3 is 0 Å². The third-order valence-corrected chi connectivity index (χ3v) is 6.19. The van der Waals surface area contributed by atoms with Crippen LogP contribution >= 0.6 is 0 Å². The van der Waals surface area contributed by atoms with Gasteiger partial charge in [-0.2, -0.15) is 0 Å². The first kappa shape index (κ1) is 30.3. The van der Waals surface area contributed by atoms with Crippen LogP contribution in [0, 0.1) is 55.4 Å². The SMILES string of the molecule is Cc1ccc(C)cc1.Cc1cccc(-c2cccc(C)c2)c1.Cc1cccc(C)c1.Cc1ccccc1C. The van der Waals surface area contributed by atoms with E-state index in [0.717, 1.165) is 0 Å². The molecule has 0 amide bonds. The number of benzene rings is 5. The van der Waals surface area contributed by atoms with Gasteiger partial charge in [-0.1, -0.05) is 155 Å². The van der Waals surface area contributed by atoms with Gasteiger partial charge in [-0.3, -0.25) is 0 Å². The van der Waals surface area contributed by atoms with Gasteiger partial charge in [-0.15, -0.1) is 0 Å². The average Bonchev–Trinajstić information content (AvgIpc) is 2.89. The molecule has 0 nitrogen and oxygen atoms in total. The van der Waals surface area contributed by atoms with Crippen molar-refractivity contribution in [3.8, 4) is 11.1 Å². The summed E-state index contributed by atoms with van der Waals surface area (Å²) < 4.78 is 0. The molecule has 196 valence electrons. The summed E-state index contributed by atoms with van der Waals surface area (Å²) in [6.07, 6.45) is 0. The minimum absolute atomic E-state index is 1.30. The van der Waals surface area contributed by atoms with Crippen LogP contribution in [0.3, 0.4) is 0 Å². The topological polar surface area (TPSA) is 0 Å². The third kappa shape index (κ3) is 11.9. The lowest BCUT2D eigenvalue weighted by Gasteiger charge is -2.03. The molecule has 0 aliphatic heterocycles.